The lowest BCUT2D eigenvalue weighted by Crippen LogP contribution is -2.50. The highest BCUT2D eigenvalue weighted by Gasteiger charge is 2.45. The second-order valence-electron chi connectivity index (χ2n) is 9.93. The molecular formula is C30H31N3O10. The molecule has 2 aliphatic heterocycles. The summed E-state index contributed by atoms with van der Waals surface area (Å²) in [5.74, 6) is 0.469. The zero-order valence-corrected chi connectivity index (χ0v) is 23.8. The first-order valence-corrected chi connectivity index (χ1v) is 13.5. The molecule has 2 amide bonds. The Balaban J connectivity index is 1.52. The van der Waals surface area contributed by atoms with Gasteiger partial charge in [-0.3, -0.25) is 14.9 Å². The van der Waals surface area contributed by atoms with Crippen LogP contribution in [0.5, 0.6) is 23.0 Å². The lowest BCUT2D eigenvalue weighted by Gasteiger charge is -2.31. The summed E-state index contributed by atoms with van der Waals surface area (Å²) >= 11 is 0. The summed E-state index contributed by atoms with van der Waals surface area (Å²) in [4.78, 5) is 41.0. The highest BCUT2D eigenvalue weighted by atomic mass is 16.6. The van der Waals surface area contributed by atoms with Crippen molar-refractivity contribution >= 4 is 23.4 Å². The van der Waals surface area contributed by atoms with Crippen LogP contribution in [0.3, 0.4) is 0 Å². The summed E-state index contributed by atoms with van der Waals surface area (Å²) < 4.78 is 27.5. The van der Waals surface area contributed by atoms with E-state index in [1.165, 1.54) is 50.5 Å². The number of nitrogens with zero attached hydrogens (tertiary/aromatic N) is 3. The lowest BCUT2D eigenvalue weighted by atomic mass is 10.1. The summed E-state index contributed by atoms with van der Waals surface area (Å²) in [6.07, 6.45) is -1.38. The second kappa shape index (κ2) is 12.4. The summed E-state index contributed by atoms with van der Waals surface area (Å²) in [7, 11) is 4.16. The number of carbonyl (C=O) groups excluding carboxylic acids is 2. The van der Waals surface area contributed by atoms with Crippen molar-refractivity contribution in [1.29, 1.82) is 0 Å². The van der Waals surface area contributed by atoms with E-state index in [1.54, 1.807) is 0 Å². The number of nitro groups is 1. The maximum atomic E-state index is 13.7. The van der Waals surface area contributed by atoms with E-state index in [-0.39, 0.29) is 58.0 Å². The number of aliphatic hydroxyl groups excluding tert-OH is 1. The van der Waals surface area contributed by atoms with Crippen molar-refractivity contribution in [3.8, 4) is 23.0 Å². The number of carbonyl (C=O) groups is 2. The molecule has 0 radical (unpaired) electrons. The first-order valence-electron chi connectivity index (χ1n) is 13.5. The molecule has 0 aliphatic carbocycles. The average Bonchev–Trinajstić information content (AvgIpc) is 3.50. The van der Waals surface area contributed by atoms with Crippen molar-refractivity contribution in [2.75, 3.05) is 32.8 Å². The fourth-order valence-corrected chi connectivity index (χ4v) is 5.36. The number of benzene rings is 3. The third-order valence-electron chi connectivity index (χ3n) is 7.51. The molecule has 5 rings (SSSR count). The number of fused-ring (bicyclic) bond motifs is 2. The third kappa shape index (κ3) is 5.71. The highest BCUT2D eigenvalue weighted by molar-refractivity contribution is 6.06. The van der Waals surface area contributed by atoms with E-state index >= 15 is 0 Å². The topological polar surface area (TPSA) is 150 Å². The van der Waals surface area contributed by atoms with E-state index in [0.717, 1.165) is 10.5 Å². The average molecular weight is 594 g/mol. The van der Waals surface area contributed by atoms with Crippen LogP contribution in [0.2, 0.25) is 0 Å². The molecule has 3 aromatic rings. The number of aliphatic hydroxyl groups is 1. The minimum atomic E-state index is -1.46. The summed E-state index contributed by atoms with van der Waals surface area (Å²) in [5.41, 5.74) is 0.745. The van der Waals surface area contributed by atoms with E-state index < -0.39 is 29.9 Å². The number of ether oxygens (including phenoxy) is 5. The predicted molar refractivity (Wildman–Crippen MR) is 153 cm³/mol. The van der Waals surface area contributed by atoms with Gasteiger partial charge in [-0.05, 0) is 30.5 Å². The van der Waals surface area contributed by atoms with Gasteiger partial charge in [0.25, 0.3) is 11.6 Å². The summed E-state index contributed by atoms with van der Waals surface area (Å²) in [6, 6.07) is 14.2. The standard InChI is InChI=1S/C30H31N3O10/c1-39-24-12-19(22(33(37)38)14-26(24)41-3)17-43-30(36)32-23-15-27(42-16-18-8-5-4-6-9-18)25(40-2)13-20(23)28(34)31-11-7-10-21(31)29(32)35/h4-6,8-9,12-15,21,29,35H,7,10-11,16-17H2,1-3H3/t21-,29?/m0/s1. The van der Waals surface area contributed by atoms with Crippen molar-refractivity contribution in [3.63, 3.8) is 0 Å². The van der Waals surface area contributed by atoms with Crippen molar-refractivity contribution in [2.24, 2.45) is 0 Å². The number of amides is 2. The SMILES string of the molecule is COc1cc(COC(=O)N2c3cc(OCc4ccccc4)c(OC)cc3C(=O)N3CCC[C@H]3C2O)c([N+](=O)[O-])cc1OC. The first kappa shape index (κ1) is 29.5. The summed E-state index contributed by atoms with van der Waals surface area (Å²) in [5, 5.41) is 23.3. The van der Waals surface area contributed by atoms with E-state index in [0.29, 0.717) is 19.4 Å². The van der Waals surface area contributed by atoms with E-state index in [1.807, 2.05) is 30.3 Å². The molecule has 226 valence electrons. The van der Waals surface area contributed by atoms with Gasteiger partial charge in [0, 0.05) is 12.6 Å². The molecule has 43 heavy (non-hydrogen) atoms. The zero-order valence-electron chi connectivity index (χ0n) is 23.8. The number of methoxy groups -OCH3 is 3. The Kier molecular flexibility index (Phi) is 8.53. The van der Waals surface area contributed by atoms with E-state index in [4.69, 9.17) is 23.7 Å². The first-order chi connectivity index (χ1) is 20.8. The van der Waals surface area contributed by atoms with Gasteiger partial charge in [0.15, 0.2) is 29.2 Å². The van der Waals surface area contributed by atoms with E-state index in [2.05, 4.69) is 0 Å². The maximum Gasteiger partial charge on any atom is 0.416 e. The fraction of sp³-hybridized carbons (Fsp3) is 0.333. The Morgan fingerprint density at radius 1 is 0.977 bits per heavy atom. The van der Waals surface area contributed by atoms with E-state index in [9.17, 15) is 24.8 Å². The van der Waals surface area contributed by atoms with Gasteiger partial charge in [0.1, 0.15) is 13.2 Å². The van der Waals surface area contributed by atoms with Gasteiger partial charge in [-0.15, -0.1) is 0 Å². The highest BCUT2D eigenvalue weighted by Crippen LogP contribution is 2.42. The Bertz CT molecular complexity index is 1530. The Labute approximate surface area is 247 Å². The molecule has 3 aromatic carbocycles. The normalized spacial score (nSPS) is 17.4. The number of nitro benzene ring substituents is 1. The van der Waals surface area contributed by atoms with Crippen molar-refractivity contribution in [2.45, 2.75) is 38.3 Å². The van der Waals surface area contributed by atoms with Gasteiger partial charge in [-0.2, -0.15) is 0 Å². The molecule has 2 heterocycles. The van der Waals surface area contributed by atoms with Crippen molar-refractivity contribution < 1.29 is 43.3 Å². The van der Waals surface area contributed by atoms with Gasteiger partial charge in [-0.25, -0.2) is 9.69 Å². The molecule has 0 bridgehead atoms. The van der Waals surface area contributed by atoms with Crippen LogP contribution in [0.25, 0.3) is 0 Å². The van der Waals surface area contributed by atoms with Crippen LogP contribution in [0.15, 0.2) is 54.6 Å². The van der Waals surface area contributed by atoms with Crippen LogP contribution in [0.4, 0.5) is 16.2 Å². The number of hydrogen-bond acceptors (Lipinski definition) is 10. The minimum absolute atomic E-state index is 0.0423. The molecule has 1 N–H and O–H groups in total. The molecule has 1 unspecified atom stereocenters. The van der Waals surface area contributed by atoms with Crippen LogP contribution in [0.1, 0.15) is 34.3 Å². The van der Waals surface area contributed by atoms with Crippen LogP contribution < -0.4 is 23.8 Å². The fourth-order valence-electron chi connectivity index (χ4n) is 5.36. The van der Waals surface area contributed by atoms with Gasteiger partial charge in [-0.1, -0.05) is 30.3 Å². The molecule has 2 atom stereocenters. The van der Waals surface area contributed by atoms with Gasteiger partial charge in [0.05, 0.1) is 55.2 Å². The number of rotatable bonds is 9. The zero-order chi connectivity index (χ0) is 30.7. The summed E-state index contributed by atoms with van der Waals surface area (Å²) in [6.45, 7) is 0.0495. The lowest BCUT2D eigenvalue weighted by molar-refractivity contribution is -0.385. The van der Waals surface area contributed by atoms with Crippen LogP contribution in [-0.4, -0.2) is 67.1 Å². The number of anilines is 1. The third-order valence-corrected chi connectivity index (χ3v) is 7.51. The van der Waals surface area contributed by atoms with Crippen LogP contribution >= 0.6 is 0 Å². The van der Waals surface area contributed by atoms with Crippen LogP contribution in [-0.2, 0) is 18.0 Å². The predicted octanol–water partition coefficient (Wildman–Crippen LogP) is 4.28. The molecular weight excluding hydrogens is 562 g/mol. The van der Waals surface area contributed by atoms with Gasteiger partial charge >= 0.3 is 6.09 Å². The molecule has 13 heteroatoms. The second-order valence-corrected chi connectivity index (χ2v) is 9.93. The molecule has 1 saturated heterocycles. The molecule has 0 spiro atoms. The van der Waals surface area contributed by atoms with Crippen LogP contribution in [0, 0.1) is 10.1 Å². The molecule has 13 nitrogen and oxygen atoms in total. The molecule has 0 saturated carbocycles. The maximum absolute atomic E-state index is 13.7. The smallest absolute Gasteiger partial charge is 0.416 e. The Hall–Kier alpha value is -5.04. The Morgan fingerprint density at radius 3 is 2.33 bits per heavy atom. The minimum Gasteiger partial charge on any atom is -0.493 e. The quantitative estimate of drug-likeness (QED) is 0.281. The molecule has 1 fully saturated rings. The van der Waals surface area contributed by atoms with Gasteiger partial charge < -0.3 is 33.7 Å². The van der Waals surface area contributed by atoms with Crippen molar-refractivity contribution in [1.82, 2.24) is 4.90 Å². The molecule has 2 aliphatic rings. The monoisotopic (exact) mass is 593 g/mol. The van der Waals surface area contributed by atoms with Crippen molar-refractivity contribution in [3.05, 3.63) is 81.4 Å². The van der Waals surface area contributed by atoms with Gasteiger partial charge in [0.2, 0.25) is 0 Å². The molecule has 0 aromatic heterocycles. The largest absolute Gasteiger partial charge is 0.493 e. The number of hydrogen-bond donors (Lipinski definition) is 1. The Morgan fingerprint density at radius 2 is 1.65 bits per heavy atom.